The van der Waals surface area contributed by atoms with Gasteiger partial charge in [0.05, 0.1) is 0 Å². The maximum atomic E-state index is 5.92. The Morgan fingerprint density at radius 1 is 1.27 bits per heavy atom. The van der Waals surface area contributed by atoms with Crippen molar-refractivity contribution >= 4 is 23.8 Å². The van der Waals surface area contributed by atoms with Gasteiger partial charge in [-0.25, -0.2) is 0 Å². The van der Waals surface area contributed by atoms with Gasteiger partial charge in [-0.2, -0.15) is 0 Å². The van der Waals surface area contributed by atoms with E-state index in [0.717, 1.165) is 5.03 Å². The fourth-order valence-corrected chi connectivity index (χ4v) is 2.30. The minimum atomic E-state index is 0.816. The second kappa shape index (κ2) is 4.24. The topological polar surface area (TPSA) is 0 Å². The highest BCUT2D eigenvalue weighted by atomic mass is 35.5. The average Bonchev–Trinajstić information content (AvgIpc) is 2.62. The summed E-state index contributed by atoms with van der Waals surface area (Å²) in [5, 5.41) is 0.816. The van der Waals surface area contributed by atoms with Crippen LogP contribution in [0, 0.1) is 0 Å². The lowest BCUT2D eigenvalue weighted by Gasteiger charge is -2.06. The third-order valence-corrected chi connectivity index (χ3v) is 2.98. The zero-order valence-electron chi connectivity index (χ0n) is 9.02. The zero-order chi connectivity index (χ0) is 10.8. The van der Waals surface area contributed by atoms with E-state index in [0.29, 0.717) is 0 Å². The van der Waals surface area contributed by atoms with Gasteiger partial charge in [-0.1, -0.05) is 36.4 Å². The van der Waals surface area contributed by atoms with E-state index in [1.165, 1.54) is 41.5 Å². The molecule has 0 bridgehead atoms. The fourth-order valence-electron chi connectivity index (χ4n) is 2.18. The monoisotopic (exact) mass is 218 g/mol. The Labute approximate surface area is 96.3 Å². The Hall–Kier alpha value is -1.01. The van der Waals surface area contributed by atoms with E-state index in [9.17, 15) is 0 Å². The highest BCUT2D eigenvalue weighted by Gasteiger charge is 2.12. The Bertz CT molecular complexity index is 423. The molecule has 1 heteroatoms. The smallest absolute Gasteiger partial charge is 0.0156 e. The summed E-state index contributed by atoms with van der Waals surface area (Å²) < 4.78 is 0. The van der Waals surface area contributed by atoms with Crippen LogP contribution in [0.3, 0.4) is 0 Å². The Kier molecular flexibility index (Phi) is 2.97. The number of fused-ring (bicyclic) bond motifs is 1. The average molecular weight is 219 g/mol. The van der Waals surface area contributed by atoms with E-state index in [1.54, 1.807) is 0 Å². The summed E-state index contributed by atoms with van der Waals surface area (Å²) in [6, 6.07) is 4.51. The molecule has 1 aromatic carbocycles. The molecule has 15 heavy (non-hydrogen) atoms. The molecule has 0 unspecified atom stereocenters. The molecule has 0 fully saturated rings. The third-order valence-electron chi connectivity index (χ3n) is 2.87. The van der Waals surface area contributed by atoms with Gasteiger partial charge in [0, 0.05) is 5.03 Å². The maximum Gasteiger partial charge on any atom is 0.0156 e. The number of halogens is 1. The fraction of sp³-hybridized carbons (Fsp3) is 0.286. The second-order valence-corrected chi connectivity index (χ2v) is 4.63. The number of rotatable bonds is 2. The molecule has 1 aliphatic carbocycles. The van der Waals surface area contributed by atoms with Crippen LogP contribution in [0.2, 0.25) is 0 Å². The number of hydrogen-bond donors (Lipinski definition) is 0. The van der Waals surface area contributed by atoms with Crippen molar-refractivity contribution in [2.45, 2.75) is 26.2 Å². The van der Waals surface area contributed by atoms with Gasteiger partial charge >= 0.3 is 0 Å². The van der Waals surface area contributed by atoms with Crippen LogP contribution in [-0.4, -0.2) is 0 Å². The first-order valence-corrected chi connectivity index (χ1v) is 5.70. The first kappa shape index (κ1) is 10.5. The Balaban J connectivity index is 2.53. The van der Waals surface area contributed by atoms with Crippen molar-refractivity contribution in [1.29, 1.82) is 0 Å². The highest BCUT2D eigenvalue weighted by Crippen LogP contribution is 2.27. The van der Waals surface area contributed by atoms with Crippen molar-refractivity contribution in [3.8, 4) is 0 Å². The van der Waals surface area contributed by atoms with Gasteiger partial charge in [0.1, 0.15) is 0 Å². The van der Waals surface area contributed by atoms with Crippen LogP contribution in [0.5, 0.6) is 0 Å². The molecule has 0 aliphatic heterocycles. The molecule has 1 aliphatic rings. The molecule has 0 heterocycles. The van der Waals surface area contributed by atoms with Gasteiger partial charge in [-0.05, 0) is 54.5 Å². The number of aryl methyl sites for hydroxylation is 2. The summed E-state index contributed by atoms with van der Waals surface area (Å²) in [6.07, 6.45) is 7.61. The van der Waals surface area contributed by atoms with Gasteiger partial charge in [0.2, 0.25) is 0 Å². The van der Waals surface area contributed by atoms with Crippen LogP contribution >= 0.6 is 11.6 Å². The van der Waals surface area contributed by atoms with Crippen LogP contribution in [-0.2, 0) is 12.8 Å². The Morgan fingerprint density at radius 2 is 1.87 bits per heavy atom. The van der Waals surface area contributed by atoms with E-state index >= 15 is 0 Å². The molecule has 0 spiro atoms. The lowest BCUT2D eigenvalue weighted by molar-refractivity contribution is 0.911. The van der Waals surface area contributed by atoms with E-state index in [4.69, 9.17) is 11.6 Å². The molecule has 0 N–H and O–H groups in total. The molecule has 0 nitrogen and oxygen atoms in total. The molecule has 0 amide bonds. The second-order valence-electron chi connectivity index (χ2n) is 4.04. The number of benzene rings is 1. The van der Waals surface area contributed by atoms with Crippen LogP contribution in [0.4, 0.5) is 0 Å². The van der Waals surface area contributed by atoms with Crippen LogP contribution in [0.15, 0.2) is 23.7 Å². The molecule has 0 saturated heterocycles. The molecule has 0 radical (unpaired) electrons. The van der Waals surface area contributed by atoms with Crippen molar-refractivity contribution in [3.05, 3.63) is 46.0 Å². The minimum Gasteiger partial charge on any atom is -0.0984 e. The summed E-state index contributed by atoms with van der Waals surface area (Å²) in [5.41, 5.74) is 5.34. The summed E-state index contributed by atoms with van der Waals surface area (Å²) >= 11 is 5.92. The molecule has 1 aromatic rings. The van der Waals surface area contributed by atoms with E-state index in [1.807, 2.05) is 19.1 Å². The maximum absolute atomic E-state index is 5.92. The van der Waals surface area contributed by atoms with Crippen molar-refractivity contribution in [2.75, 3.05) is 0 Å². The number of allylic oxidation sites excluding steroid dienone is 1. The van der Waals surface area contributed by atoms with E-state index < -0.39 is 0 Å². The summed E-state index contributed by atoms with van der Waals surface area (Å²) in [4.78, 5) is 0. The molecular formula is C14H15Cl. The van der Waals surface area contributed by atoms with Crippen molar-refractivity contribution in [1.82, 2.24) is 0 Å². The summed E-state index contributed by atoms with van der Waals surface area (Å²) in [6.45, 7) is 5.76. The van der Waals surface area contributed by atoms with Crippen LogP contribution in [0.25, 0.3) is 12.2 Å². The zero-order valence-corrected chi connectivity index (χ0v) is 9.77. The van der Waals surface area contributed by atoms with Crippen LogP contribution in [0.1, 0.15) is 35.6 Å². The largest absolute Gasteiger partial charge is 0.0984 e. The lowest BCUT2D eigenvalue weighted by atomic mass is 9.99. The van der Waals surface area contributed by atoms with E-state index in [2.05, 4.69) is 18.7 Å². The van der Waals surface area contributed by atoms with Crippen LogP contribution < -0.4 is 0 Å². The molecule has 2 rings (SSSR count). The predicted molar refractivity (Wildman–Crippen MR) is 68.1 cm³/mol. The Morgan fingerprint density at radius 3 is 2.40 bits per heavy atom. The van der Waals surface area contributed by atoms with Crippen molar-refractivity contribution < 1.29 is 0 Å². The molecule has 0 atom stereocenters. The molecule has 0 saturated carbocycles. The van der Waals surface area contributed by atoms with E-state index in [-0.39, 0.29) is 0 Å². The first-order chi connectivity index (χ1) is 7.20. The van der Waals surface area contributed by atoms with Gasteiger partial charge in [0.25, 0.3) is 0 Å². The molecule has 78 valence electrons. The first-order valence-electron chi connectivity index (χ1n) is 5.33. The number of hydrogen-bond acceptors (Lipinski definition) is 0. The van der Waals surface area contributed by atoms with Gasteiger partial charge < -0.3 is 0 Å². The van der Waals surface area contributed by atoms with Gasteiger partial charge in [0.15, 0.2) is 0 Å². The lowest BCUT2D eigenvalue weighted by Crippen LogP contribution is -1.88. The quantitative estimate of drug-likeness (QED) is 0.690. The standard InChI is InChI=1S/C14H15Cl/c1-3-11-8-12-5-4-6-13(12)9-14(11)7-10(2)15/h3,7-9H,1,4-6H2,2H3/b10-7+. The molecular weight excluding hydrogens is 204 g/mol. The normalized spacial score (nSPS) is 15.2. The minimum absolute atomic E-state index is 0.816. The van der Waals surface area contributed by atoms with Crippen molar-refractivity contribution in [2.24, 2.45) is 0 Å². The highest BCUT2D eigenvalue weighted by molar-refractivity contribution is 6.31. The summed E-state index contributed by atoms with van der Waals surface area (Å²) in [7, 11) is 0. The van der Waals surface area contributed by atoms with Crippen molar-refractivity contribution in [3.63, 3.8) is 0 Å². The SMILES string of the molecule is C=Cc1cc2c(cc1/C=C(\C)Cl)CCC2. The third kappa shape index (κ3) is 2.15. The molecule has 0 aromatic heterocycles. The van der Waals surface area contributed by atoms with Gasteiger partial charge in [-0.3, -0.25) is 0 Å². The predicted octanol–water partition coefficient (Wildman–Crippen LogP) is 4.42. The van der Waals surface area contributed by atoms with Gasteiger partial charge in [-0.15, -0.1) is 0 Å². The summed E-state index contributed by atoms with van der Waals surface area (Å²) in [5.74, 6) is 0.